The van der Waals surface area contributed by atoms with Crippen LogP contribution >= 0.6 is 0 Å². The highest BCUT2D eigenvalue weighted by molar-refractivity contribution is 5.53. The molecular weight excluding hydrogens is 230 g/mol. The van der Waals surface area contributed by atoms with Crippen LogP contribution in [0.3, 0.4) is 0 Å². The lowest BCUT2D eigenvalue weighted by Gasteiger charge is -2.27. The minimum Gasteiger partial charge on any atom is -0.395 e. The van der Waals surface area contributed by atoms with Crippen LogP contribution < -0.4 is 16.0 Å². The highest BCUT2D eigenvalue weighted by Crippen LogP contribution is 2.18. The summed E-state index contributed by atoms with van der Waals surface area (Å²) in [5, 5.41) is 12.3. The Morgan fingerprint density at radius 3 is 2.72 bits per heavy atom. The molecule has 0 aliphatic heterocycles. The van der Waals surface area contributed by atoms with E-state index in [-0.39, 0.29) is 18.6 Å². The van der Waals surface area contributed by atoms with Gasteiger partial charge in [0.2, 0.25) is 5.95 Å². The number of aliphatic hydroxyl groups is 1. The van der Waals surface area contributed by atoms with Gasteiger partial charge in [0.05, 0.1) is 6.61 Å². The van der Waals surface area contributed by atoms with E-state index < -0.39 is 0 Å². The van der Waals surface area contributed by atoms with Crippen molar-refractivity contribution in [1.29, 1.82) is 0 Å². The van der Waals surface area contributed by atoms with Crippen molar-refractivity contribution < 1.29 is 5.11 Å². The molecule has 0 bridgehead atoms. The number of aliphatic hydroxyl groups excluding tert-OH is 1. The van der Waals surface area contributed by atoms with Crippen LogP contribution in [-0.4, -0.2) is 40.8 Å². The molecule has 0 saturated heterocycles. The molecule has 6 heteroatoms. The van der Waals surface area contributed by atoms with Crippen LogP contribution in [0, 0.1) is 0 Å². The normalized spacial score (nSPS) is 10.7. The Morgan fingerprint density at radius 1 is 1.44 bits per heavy atom. The van der Waals surface area contributed by atoms with Crippen LogP contribution in [0.15, 0.2) is 6.07 Å². The summed E-state index contributed by atoms with van der Waals surface area (Å²) in [5.41, 5.74) is 5.71. The molecule has 0 unspecified atom stereocenters. The number of nitrogens with zero attached hydrogens (tertiary/aromatic N) is 3. The lowest BCUT2D eigenvalue weighted by atomic mass is 10.3. The molecule has 0 aliphatic carbocycles. The Morgan fingerprint density at radius 2 is 2.17 bits per heavy atom. The quantitative estimate of drug-likeness (QED) is 0.674. The Balaban J connectivity index is 2.95. The van der Waals surface area contributed by atoms with E-state index in [0.29, 0.717) is 6.54 Å². The third kappa shape index (κ3) is 4.03. The first kappa shape index (κ1) is 14.5. The van der Waals surface area contributed by atoms with Crippen LogP contribution in [-0.2, 0) is 0 Å². The van der Waals surface area contributed by atoms with Gasteiger partial charge in [0.15, 0.2) is 0 Å². The Bertz CT molecular complexity index is 369. The number of hydrogen-bond acceptors (Lipinski definition) is 6. The van der Waals surface area contributed by atoms with Crippen molar-refractivity contribution in [2.24, 2.45) is 0 Å². The maximum atomic E-state index is 9.09. The minimum atomic E-state index is 0.0831. The summed E-state index contributed by atoms with van der Waals surface area (Å²) in [6.45, 7) is 7.64. The Kier molecular flexibility index (Phi) is 5.64. The van der Waals surface area contributed by atoms with Crippen molar-refractivity contribution in [3.05, 3.63) is 6.07 Å². The largest absolute Gasteiger partial charge is 0.395 e. The number of anilines is 3. The second-order valence-electron chi connectivity index (χ2n) is 4.41. The number of nitrogen functional groups attached to an aromatic ring is 1. The Hall–Kier alpha value is -1.56. The van der Waals surface area contributed by atoms with Crippen molar-refractivity contribution in [2.45, 2.75) is 33.2 Å². The van der Waals surface area contributed by atoms with Gasteiger partial charge in [0, 0.05) is 25.2 Å². The molecule has 1 rings (SSSR count). The molecule has 0 fully saturated rings. The Labute approximate surface area is 108 Å². The molecule has 18 heavy (non-hydrogen) atoms. The maximum absolute atomic E-state index is 9.09. The lowest BCUT2D eigenvalue weighted by molar-refractivity contribution is 0.298. The van der Waals surface area contributed by atoms with E-state index in [9.17, 15) is 0 Å². The van der Waals surface area contributed by atoms with E-state index >= 15 is 0 Å². The third-order valence-electron chi connectivity index (χ3n) is 2.54. The summed E-state index contributed by atoms with van der Waals surface area (Å²) in [7, 11) is 0. The van der Waals surface area contributed by atoms with Crippen molar-refractivity contribution in [3.8, 4) is 0 Å². The topological polar surface area (TPSA) is 87.3 Å². The summed E-state index contributed by atoms with van der Waals surface area (Å²) in [6, 6.07) is 2.10. The SMILES string of the molecule is CCCNc1cc(N(CCO)C(C)C)nc(N)n1. The molecule has 1 aromatic rings. The molecule has 0 aromatic carbocycles. The fourth-order valence-electron chi connectivity index (χ4n) is 1.69. The monoisotopic (exact) mass is 253 g/mol. The molecule has 102 valence electrons. The van der Waals surface area contributed by atoms with Gasteiger partial charge in [-0.2, -0.15) is 9.97 Å². The molecule has 1 heterocycles. The zero-order valence-corrected chi connectivity index (χ0v) is 11.3. The fourth-order valence-corrected chi connectivity index (χ4v) is 1.69. The number of hydrogen-bond donors (Lipinski definition) is 3. The summed E-state index contributed by atoms with van der Waals surface area (Å²) in [4.78, 5) is 10.4. The first-order valence-corrected chi connectivity index (χ1v) is 6.34. The second kappa shape index (κ2) is 7.00. The maximum Gasteiger partial charge on any atom is 0.223 e. The smallest absolute Gasteiger partial charge is 0.223 e. The highest BCUT2D eigenvalue weighted by atomic mass is 16.3. The van der Waals surface area contributed by atoms with Crippen LogP contribution in [0.4, 0.5) is 17.6 Å². The van der Waals surface area contributed by atoms with E-state index in [4.69, 9.17) is 10.8 Å². The van der Waals surface area contributed by atoms with Gasteiger partial charge in [-0.3, -0.25) is 0 Å². The van der Waals surface area contributed by atoms with Gasteiger partial charge in [-0.15, -0.1) is 0 Å². The van der Waals surface area contributed by atoms with Gasteiger partial charge in [-0.1, -0.05) is 6.92 Å². The van der Waals surface area contributed by atoms with E-state index in [1.165, 1.54) is 0 Å². The molecule has 0 aliphatic rings. The van der Waals surface area contributed by atoms with Crippen LogP contribution in [0.2, 0.25) is 0 Å². The number of rotatable bonds is 7. The second-order valence-corrected chi connectivity index (χ2v) is 4.41. The summed E-state index contributed by atoms with van der Waals surface area (Å²) in [5.74, 6) is 1.71. The van der Waals surface area contributed by atoms with E-state index in [2.05, 4.69) is 22.2 Å². The third-order valence-corrected chi connectivity index (χ3v) is 2.54. The predicted octanol–water partition coefficient (Wildman–Crippen LogP) is 1.09. The van der Waals surface area contributed by atoms with Gasteiger partial charge in [-0.05, 0) is 20.3 Å². The molecule has 0 amide bonds. The molecule has 4 N–H and O–H groups in total. The average molecular weight is 253 g/mol. The standard InChI is InChI=1S/C12H23N5O/c1-4-5-14-10-8-11(16-12(13)15-10)17(6-7-18)9(2)3/h8-9,18H,4-7H2,1-3H3,(H3,13,14,15,16). The van der Waals surface area contributed by atoms with Crippen LogP contribution in [0.1, 0.15) is 27.2 Å². The van der Waals surface area contributed by atoms with Gasteiger partial charge >= 0.3 is 0 Å². The molecule has 1 aromatic heterocycles. The van der Waals surface area contributed by atoms with Crippen LogP contribution in [0.25, 0.3) is 0 Å². The van der Waals surface area contributed by atoms with Crippen LogP contribution in [0.5, 0.6) is 0 Å². The van der Waals surface area contributed by atoms with E-state index in [1.807, 2.05) is 24.8 Å². The van der Waals surface area contributed by atoms with Gasteiger partial charge in [0.1, 0.15) is 11.6 Å². The first-order chi connectivity index (χ1) is 8.58. The van der Waals surface area contributed by atoms with Gasteiger partial charge < -0.3 is 21.1 Å². The highest BCUT2D eigenvalue weighted by Gasteiger charge is 2.13. The lowest BCUT2D eigenvalue weighted by Crippen LogP contribution is -2.34. The van der Waals surface area contributed by atoms with Crippen molar-refractivity contribution >= 4 is 17.6 Å². The van der Waals surface area contributed by atoms with Crippen molar-refractivity contribution in [3.63, 3.8) is 0 Å². The first-order valence-electron chi connectivity index (χ1n) is 6.34. The van der Waals surface area contributed by atoms with E-state index in [1.54, 1.807) is 0 Å². The molecular formula is C12H23N5O. The number of nitrogens with two attached hydrogens (primary N) is 1. The van der Waals surface area contributed by atoms with E-state index in [0.717, 1.165) is 24.6 Å². The average Bonchev–Trinajstić information content (AvgIpc) is 2.32. The summed E-state index contributed by atoms with van der Waals surface area (Å²) in [6.07, 6.45) is 1.02. The van der Waals surface area contributed by atoms with Crippen molar-refractivity contribution in [1.82, 2.24) is 9.97 Å². The predicted molar refractivity (Wildman–Crippen MR) is 74.8 cm³/mol. The zero-order chi connectivity index (χ0) is 13.5. The minimum absolute atomic E-state index is 0.0831. The molecule has 0 atom stereocenters. The summed E-state index contributed by atoms with van der Waals surface area (Å²) < 4.78 is 0. The number of aromatic nitrogens is 2. The van der Waals surface area contributed by atoms with Gasteiger partial charge in [-0.25, -0.2) is 0 Å². The molecule has 0 radical (unpaired) electrons. The summed E-state index contributed by atoms with van der Waals surface area (Å²) >= 11 is 0. The fraction of sp³-hybridized carbons (Fsp3) is 0.667. The van der Waals surface area contributed by atoms with Crippen molar-refractivity contribution in [2.75, 3.05) is 35.6 Å². The number of nitrogens with one attached hydrogen (secondary N) is 1. The van der Waals surface area contributed by atoms with Gasteiger partial charge in [0.25, 0.3) is 0 Å². The molecule has 6 nitrogen and oxygen atoms in total. The zero-order valence-electron chi connectivity index (χ0n) is 11.3. The molecule has 0 spiro atoms. The molecule has 0 saturated carbocycles.